The summed E-state index contributed by atoms with van der Waals surface area (Å²) in [6.45, 7) is 2.16. The summed E-state index contributed by atoms with van der Waals surface area (Å²) in [5.74, 6) is 6.56. The maximum absolute atomic E-state index is 5.70. The van der Waals surface area contributed by atoms with Crippen LogP contribution in [0.5, 0.6) is 0 Å². The summed E-state index contributed by atoms with van der Waals surface area (Å²) in [6, 6.07) is -0.0797. The van der Waals surface area contributed by atoms with Gasteiger partial charge in [0.2, 0.25) is 0 Å². The van der Waals surface area contributed by atoms with E-state index in [4.69, 9.17) is 20.1 Å². The molecule has 0 aromatic carbocycles. The number of nitrogens with two attached hydrogens (primary N) is 1. The highest BCUT2D eigenvalue weighted by atomic mass is 16.5. The van der Waals surface area contributed by atoms with E-state index in [0.29, 0.717) is 13.2 Å². The molecule has 1 unspecified atom stereocenters. The van der Waals surface area contributed by atoms with Crippen molar-refractivity contribution in [3.63, 3.8) is 0 Å². The molecule has 3 N–H and O–H groups in total. The van der Waals surface area contributed by atoms with Crippen molar-refractivity contribution < 1.29 is 14.2 Å². The van der Waals surface area contributed by atoms with Crippen LogP contribution in [0.1, 0.15) is 19.3 Å². The lowest BCUT2D eigenvalue weighted by Crippen LogP contribution is -2.58. The predicted molar refractivity (Wildman–Crippen MR) is 59.6 cm³/mol. The summed E-state index contributed by atoms with van der Waals surface area (Å²) in [5, 5.41) is 0. The van der Waals surface area contributed by atoms with Crippen LogP contribution in [0.2, 0.25) is 0 Å². The molecule has 0 aliphatic carbocycles. The summed E-state index contributed by atoms with van der Waals surface area (Å²) in [4.78, 5) is 0. The highest BCUT2D eigenvalue weighted by Gasteiger charge is 2.43. The van der Waals surface area contributed by atoms with E-state index in [-0.39, 0.29) is 11.6 Å². The van der Waals surface area contributed by atoms with Crippen LogP contribution in [-0.2, 0) is 14.2 Å². The first-order valence-electron chi connectivity index (χ1n) is 5.74. The molecule has 2 aliphatic rings. The summed E-state index contributed by atoms with van der Waals surface area (Å²) >= 11 is 0. The van der Waals surface area contributed by atoms with Gasteiger partial charge in [-0.05, 0) is 6.08 Å². The Kier molecular flexibility index (Phi) is 3.81. The fourth-order valence-corrected chi connectivity index (χ4v) is 2.46. The summed E-state index contributed by atoms with van der Waals surface area (Å²) in [5.41, 5.74) is 2.53. The first-order valence-corrected chi connectivity index (χ1v) is 5.74. The topological polar surface area (TPSA) is 65.7 Å². The molecule has 0 spiro atoms. The molecular weight excluding hydrogens is 208 g/mol. The van der Waals surface area contributed by atoms with Crippen molar-refractivity contribution in [1.82, 2.24) is 5.43 Å². The Balaban J connectivity index is 2.15. The number of hydrazine groups is 1. The van der Waals surface area contributed by atoms with Crippen LogP contribution in [-0.4, -0.2) is 38.6 Å². The van der Waals surface area contributed by atoms with Crippen molar-refractivity contribution in [2.24, 2.45) is 5.84 Å². The van der Waals surface area contributed by atoms with Crippen LogP contribution < -0.4 is 11.3 Å². The van der Waals surface area contributed by atoms with Crippen molar-refractivity contribution in [3.8, 4) is 0 Å². The monoisotopic (exact) mass is 228 g/mol. The number of nitrogens with one attached hydrogen (secondary N) is 1. The van der Waals surface area contributed by atoms with Gasteiger partial charge in [-0.2, -0.15) is 0 Å². The molecular formula is C11H20N2O3. The number of methoxy groups -OCH3 is 1. The van der Waals surface area contributed by atoms with E-state index < -0.39 is 0 Å². The van der Waals surface area contributed by atoms with Gasteiger partial charge in [-0.1, -0.05) is 0 Å². The Morgan fingerprint density at radius 2 is 2.19 bits per heavy atom. The molecule has 5 heteroatoms. The zero-order valence-corrected chi connectivity index (χ0v) is 9.70. The molecule has 1 atom stereocenters. The van der Waals surface area contributed by atoms with Gasteiger partial charge in [-0.25, -0.2) is 5.43 Å². The molecule has 0 amide bonds. The highest BCUT2D eigenvalue weighted by Crippen LogP contribution is 2.33. The molecule has 2 rings (SSSR count). The van der Waals surface area contributed by atoms with Gasteiger partial charge >= 0.3 is 0 Å². The number of hydrogen-bond acceptors (Lipinski definition) is 5. The van der Waals surface area contributed by atoms with Crippen molar-refractivity contribution >= 4 is 0 Å². The smallest absolute Gasteiger partial charge is 0.113 e. The Morgan fingerprint density at radius 3 is 2.69 bits per heavy atom. The fraction of sp³-hybridized carbons (Fsp3) is 0.818. The molecule has 1 saturated heterocycles. The molecule has 1 fully saturated rings. The minimum atomic E-state index is -0.302. The van der Waals surface area contributed by atoms with E-state index in [1.807, 2.05) is 0 Å². The average Bonchev–Trinajstić information content (AvgIpc) is 2.85. The first-order chi connectivity index (χ1) is 7.82. The van der Waals surface area contributed by atoms with Gasteiger partial charge in [0, 0.05) is 39.6 Å². The normalized spacial score (nSPS) is 26.0. The second-order valence-electron chi connectivity index (χ2n) is 4.22. The molecule has 0 aromatic rings. The number of ether oxygens (including phenoxy) is 3. The Hall–Kier alpha value is -0.620. The summed E-state index contributed by atoms with van der Waals surface area (Å²) < 4.78 is 16.7. The Bertz CT molecular complexity index is 262. The Labute approximate surface area is 95.9 Å². The third-order valence-corrected chi connectivity index (χ3v) is 3.46. The zero-order chi connectivity index (χ0) is 11.4. The number of rotatable bonds is 4. The van der Waals surface area contributed by atoms with Gasteiger partial charge < -0.3 is 14.2 Å². The maximum Gasteiger partial charge on any atom is 0.113 e. The van der Waals surface area contributed by atoms with Crippen LogP contribution in [0.25, 0.3) is 0 Å². The summed E-state index contributed by atoms with van der Waals surface area (Å²) in [6.07, 6.45) is 4.70. The first kappa shape index (κ1) is 11.9. The van der Waals surface area contributed by atoms with Crippen molar-refractivity contribution in [1.29, 1.82) is 0 Å². The number of hydrogen-bond donors (Lipinski definition) is 2. The van der Waals surface area contributed by atoms with Gasteiger partial charge in [-0.3, -0.25) is 5.84 Å². The largest absolute Gasteiger partial charge is 0.496 e. The van der Waals surface area contributed by atoms with Crippen LogP contribution in [0.15, 0.2) is 11.8 Å². The van der Waals surface area contributed by atoms with Crippen LogP contribution >= 0.6 is 0 Å². The van der Waals surface area contributed by atoms with Gasteiger partial charge in [0.25, 0.3) is 0 Å². The maximum atomic E-state index is 5.70. The summed E-state index contributed by atoms with van der Waals surface area (Å²) in [7, 11) is 1.73. The standard InChI is InChI=1S/C11H20N2O3/c1-14-11(4-7-15-8-5-11)10(13-12)9-3-2-6-16-9/h3,10,13H,2,4-8,12H2,1H3. The second-order valence-corrected chi connectivity index (χ2v) is 4.22. The molecule has 0 radical (unpaired) electrons. The highest BCUT2D eigenvalue weighted by molar-refractivity contribution is 5.15. The Morgan fingerprint density at radius 1 is 1.44 bits per heavy atom. The van der Waals surface area contributed by atoms with Crippen LogP contribution in [0, 0.1) is 0 Å². The van der Waals surface area contributed by atoms with E-state index in [1.165, 1.54) is 0 Å². The zero-order valence-electron chi connectivity index (χ0n) is 9.70. The quantitative estimate of drug-likeness (QED) is 0.536. The van der Waals surface area contributed by atoms with E-state index in [2.05, 4.69) is 11.5 Å². The van der Waals surface area contributed by atoms with Gasteiger partial charge in [0.05, 0.1) is 12.2 Å². The third-order valence-electron chi connectivity index (χ3n) is 3.46. The third kappa shape index (κ3) is 2.08. The van der Waals surface area contributed by atoms with E-state index >= 15 is 0 Å². The van der Waals surface area contributed by atoms with E-state index in [9.17, 15) is 0 Å². The van der Waals surface area contributed by atoms with Crippen molar-refractivity contribution in [3.05, 3.63) is 11.8 Å². The molecule has 0 saturated carbocycles. The lowest BCUT2D eigenvalue weighted by atomic mass is 9.85. The molecule has 92 valence electrons. The lowest BCUT2D eigenvalue weighted by Gasteiger charge is -2.41. The average molecular weight is 228 g/mol. The van der Waals surface area contributed by atoms with Gasteiger partial charge in [0.1, 0.15) is 11.8 Å². The fourth-order valence-electron chi connectivity index (χ4n) is 2.46. The minimum Gasteiger partial charge on any atom is -0.496 e. The second kappa shape index (κ2) is 5.14. The van der Waals surface area contributed by atoms with Crippen molar-refractivity contribution in [2.75, 3.05) is 26.9 Å². The molecule has 2 heterocycles. The van der Waals surface area contributed by atoms with Gasteiger partial charge in [0.15, 0.2) is 0 Å². The van der Waals surface area contributed by atoms with Crippen LogP contribution in [0.3, 0.4) is 0 Å². The van der Waals surface area contributed by atoms with Crippen molar-refractivity contribution in [2.45, 2.75) is 30.9 Å². The molecule has 16 heavy (non-hydrogen) atoms. The molecule has 2 aliphatic heterocycles. The minimum absolute atomic E-state index is 0.0797. The van der Waals surface area contributed by atoms with E-state index in [1.54, 1.807) is 7.11 Å². The SMILES string of the molecule is COC1(C(NN)C2=CCCO2)CCOCC1. The van der Waals surface area contributed by atoms with Gasteiger partial charge in [-0.15, -0.1) is 0 Å². The van der Waals surface area contributed by atoms with E-state index in [0.717, 1.165) is 31.6 Å². The van der Waals surface area contributed by atoms with Crippen LogP contribution in [0.4, 0.5) is 0 Å². The predicted octanol–water partition coefficient (Wildman–Crippen LogP) is 0.318. The molecule has 0 aromatic heterocycles. The molecule has 5 nitrogen and oxygen atoms in total. The lowest BCUT2D eigenvalue weighted by molar-refractivity contribution is -0.110. The molecule has 0 bridgehead atoms.